The fraction of sp³-hybridized carbons (Fsp3) is 0.935. The van der Waals surface area contributed by atoms with E-state index in [1.54, 1.807) is 0 Å². The van der Waals surface area contributed by atoms with Crippen molar-refractivity contribution in [2.24, 2.45) is 0 Å². The Balaban J connectivity index is -0.00000128. The Morgan fingerprint density at radius 1 is 0.239 bits per heavy atom. The third-order valence-corrected chi connectivity index (χ3v) is 14.0. The second kappa shape index (κ2) is 67.2. The van der Waals surface area contributed by atoms with Crippen LogP contribution in [-0.2, 0) is 28.7 Å². The van der Waals surface area contributed by atoms with Crippen LogP contribution in [0, 0.1) is 0 Å². The van der Waals surface area contributed by atoms with Gasteiger partial charge in [0.2, 0.25) is 0 Å². The van der Waals surface area contributed by atoms with Crippen molar-refractivity contribution in [1.82, 2.24) is 0 Å². The number of carboxylic acid groups (broad SMARTS) is 2. The van der Waals surface area contributed by atoms with Crippen LogP contribution in [-0.4, -0.2) is 74.8 Å². The molecular formula is C62H118CaO8. The van der Waals surface area contributed by atoms with Crippen molar-refractivity contribution >= 4 is 61.6 Å². The first-order valence-electron chi connectivity index (χ1n) is 31.0. The van der Waals surface area contributed by atoms with Gasteiger partial charge in [-0.3, -0.25) is 9.59 Å². The summed E-state index contributed by atoms with van der Waals surface area (Å²) in [4.78, 5) is 44.3. The number of carbonyl (C=O) groups is 4. The van der Waals surface area contributed by atoms with Gasteiger partial charge in [0, 0.05) is 24.8 Å². The molecule has 0 amide bonds. The monoisotopic (exact) mass is 1030 g/mol. The predicted molar refractivity (Wildman–Crippen MR) is 298 cm³/mol. The summed E-state index contributed by atoms with van der Waals surface area (Å²) >= 11 is 0. The van der Waals surface area contributed by atoms with Gasteiger partial charge in [-0.1, -0.05) is 296 Å². The van der Waals surface area contributed by atoms with Crippen LogP contribution in [0.5, 0.6) is 0 Å². The minimum absolute atomic E-state index is 0. The molecule has 0 spiro atoms. The van der Waals surface area contributed by atoms with E-state index in [-0.39, 0.29) is 62.5 Å². The smallest absolute Gasteiger partial charge is 0.550 e. The fourth-order valence-electron chi connectivity index (χ4n) is 9.37. The Bertz CT molecular complexity index is 988. The van der Waals surface area contributed by atoms with Gasteiger partial charge in [-0.2, -0.15) is 0 Å². The van der Waals surface area contributed by atoms with Gasteiger partial charge in [0.05, 0.1) is 13.2 Å². The summed E-state index contributed by atoms with van der Waals surface area (Å²) in [6.07, 6.45) is 64.0. The van der Waals surface area contributed by atoms with Gasteiger partial charge in [0.1, 0.15) is 0 Å². The largest absolute Gasteiger partial charge is 2.00 e. The average Bonchev–Trinajstić information content (AvgIpc) is 3.34. The molecule has 0 heterocycles. The molecule has 0 aliphatic heterocycles. The van der Waals surface area contributed by atoms with Crippen LogP contribution in [0.15, 0.2) is 0 Å². The Kier molecular flexibility index (Phi) is 70.4. The zero-order valence-electron chi connectivity index (χ0n) is 47.6. The SMILES string of the molecule is CCCCCCCCCCCCC(=O)OCCCCCCCCCCCCCCCCCC(=O)[O-].CCCCCCCCCCCCC(=O)OCCCCCCCCCCCCCCCCCC(=O)[O-].[Ca+2]. The van der Waals surface area contributed by atoms with Gasteiger partial charge in [-0.15, -0.1) is 0 Å². The number of unbranched alkanes of at least 4 members (excludes halogenated alkanes) is 46. The molecule has 0 aromatic carbocycles. The number of hydrogen-bond donors (Lipinski definition) is 0. The summed E-state index contributed by atoms with van der Waals surface area (Å²) in [6, 6.07) is 0. The van der Waals surface area contributed by atoms with Crippen LogP contribution >= 0.6 is 0 Å². The first-order valence-corrected chi connectivity index (χ1v) is 31.0. The molecule has 0 aromatic heterocycles. The molecule has 71 heavy (non-hydrogen) atoms. The van der Waals surface area contributed by atoms with E-state index in [9.17, 15) is 29.4 Å². The van der Waals surface area contributed by atoms with Crippen molar-refractivity contribution in [3.8, 4) is 0 Å². The standard InChI is InChI=1S/2C31H60O4.Ca/c2*1-2-3-4-5-6-7-16-19-22-25-28-31(34)35-29-26-23-20-17-14-12-10-8-9-11-13-15-18-21-24-27-30(32)33;/h2*2-29H2,1H3,(H,32,33);/q;;+2/p-2. The number of hydrogen-bond acceptors (Lipinski definition) is 8. The topological polar surface area (TPSA) is 133 Å². The molecular weight excluding hydrogens is 913 g/mol. The molecule has 0 aliphatic carbocycles. The van der Waals surface area contributed by atoms with E-state index < -0.39 is 11.9 Å². The van der Waals surface area contributed by atoms with Crippen LogP contribution in [0.25, 0.3) is 0 Å². The first kappa shape index (κ1) is 74.4. The van der Waals surface area contributed by atoms with Gasteiger partial charge >= 0.3 is 49.7 Å². The second-order valence-electron chi connectivity index (χ2n) is 21.2. The van der Waals surface area contributed by atoms with Crippen molar-refractivity contribution < 1.29 is 38.9 Å². The zero-order valence-corrected chi connectivity index (χ0v) is 49.8. The Morgan fingerprint density at radius 2 is 0.394 bits per heavy atom. The summed E-state index contributed by atoms with van der Waals surface area (Å²) in [5, 5.41) is 20.7. The summed E-state index contributed by atoms with van der Waals surface area (Å²) < 4.78 is 10.8. The summed E-state index contributed by atoms with van der Waals surface area (Å²) in [5.41, 5.74) is 0. The van der Waals surface area contributed by atoms with E-state index >= 15 is 0 Å². The molecule has 0 atom stereocenters. The zero-order chi connectivity index (χ0) is 51.3. The molecule has 8 nitrogen and oxygen atoms in total. The van der Waals surface area contributed by atoms with Crippen LogP contribution in [0.4, 0.5) is 0 Å². The van der Waals surface area contributed by atoms with Crippen molar-refractivity contribution in [1.29, 1.82) is 0 Å². The molecule has 0 aliphatic rings. The molecule has 0 fully saturated rings. The van der Waals surface area contributed by atoms with Crippen molar-refractivity contribution in [3.63, 3.8) is 0 Å². The van der Waals surface area contributed by atoms with E-state index in [4.69, 9.17) is 9.47 Å². The van der Waals surface area contributed by atoms with E-state index in [1.807, 2.05) is 0 Å². The molecule has 416 valence electrons. The van der Waals surface area contributed by atoms with E-state index in [0.717, 1.165) is 64.2 Å². The summed E-state index contributed by atoms with van der Waals surface area (Å²) in [5.74, 6) is -1.83. The van der Waals surface area contributed by atoms with Gasteiger partial charge in [-0.05, 0) is 51.4 Å². The number of ether oxygens (including phenoxy) is 2. The third kappa shape index (κ3) is 73.5. The van der Waals surface area contributed by atoms with Crippen molar-refractivity contribution in [2.45, 2.75) is 361 Å². The molecule has 9 heteroatoms. The number of rotatable bonds is 58. The molecule has 0 aromatic rings. The molecule has 0 N–H and O–H groups in total. The predicted octanol–water partition coefficient (Wildman–Crippen LogP) is 17.3. The van der Waals surface area contributed by atoms with Crippen LogP contribution in [0.1, 0.15) is 361 Å². The van der Waals surface area contributed by atoms with Crippen molar-refractivity contribution in [2.75, 3.05) is 13.2 Å². The Morgan fingerprint density at radius 3 is 0.577 bits per heavy atom. The van der Waals surface area contributed by atoms with Gasteiger partial charge in [0.25, 0.3) is 0 Å². The number of carboxylic acids is 2. The van der Waals surface area contributed by atoms with E-state index in [1.165, 1.54) is 257 Å². The minimum Gasteiger partial charge on any atom is -0.550 e. The number of carbonyl (C=O) groups excluding carboxylic acids is 4. The molecule has 0 saturated carbocycles. The van der Waals surface area contributed by atoms with Gasteiger partial charge in [-0.25, -0.2) is 0 Å². The maximum Gasteiger partial charge on any atom is 2.00 e. The van der Waals surface area contributed by atoms with Crippen LogP contribution in [0.2, 0.25) is 0 Å². The molecule has 0 unspecified atom stereocenters. The number of esters is 2. The quantitative estimate of drug-likeness (QED) is 0.0334. The summed E-state index contributed by atoms with van der Waals surface area (Å²) in [6.45, 7) is 5.73. The normalized spacial score (nSPS) is 11.0. The Hall–Kier alpha value is -0.860. The fourth-order valence-corrected chi connectivity index (χ4v) is 9.37. The Labute approximate surface area is 471 Å². The molecule has 0 rings (SSSR count). The van der Waals surface area contributed by atoms with Gasteiger partial charge < -0.3 is 29.3 Å². The van der Waals surface area contributed by atoms with E-state index in [0.29, 0.717) is 26.1 Å². The molecule has 0 radical (unpaired) electrons. The van der Waals surface area contributed by atoms with Crippen molar-refractivity contribution in [3.05, 3.63) is 0 Å². The maximum atomic E-state index is 11.8. The minimum atomic E-state index is -0.916. The first-order chi connectivity index (χ1) is 34.3. The van der Waals surface area contributed by atoms with Crippen LogP contribution in [0.3, 0.4) is 0 Å². The molecule has 0 bridgehead atoms. The third-order valence-electron chi connectivity index (χ3n) is 14.0. The maximum absolute atomic E-state index is 11.8. The van der Waals surface area contributed by atoms with Gasteiger partial charge in [0.15, 0.2) is 0 Å². The van der Waals surface area contributed by atoms with Crippen LogP contribution < -0.4 is 10.2 Å². The second-order valence-corrected chi connectivity index (χ2v) is 21.2. The van der Waals surface area contributed by atoms with E-state index in [2.05, 4.69) is 13.8 Å². The number of aliphatic carboxylic acids is 2. The average molecular weight is 1030 g/mol. The molecule has 0 saturated heterocycles. The summed E-state index contributed by atoms with van der Waals surface area (Å²) in [7, 11) is 0.